The molecule has 20 nitrogen and oxygen atoms in total. The van der Waals surface area contributed by atoms with Crippen molar-refractivity contribution < 1.29 is 52.0 Å². The number of thiazole rings is 2. The summed E-state index contributed by atoms with van der Waals surface area (Å²) in [4.78, 5) is 63.6. The predicted molar refractivity (Wildman–Crippen MR) is 330 cm³/mol. The molecule has 1 saturated heterocycles. The minimum absolute atomic E-state index is 0.0126. The maximum Gasteiger partial charge on any atom is 0.407 e. The van der Waals surface area contributed by atoms with E-state index in [-0.39, 0.29) is 60.9 Å². The zero-order chi connectivity index (χ0) is 61.5. The maximum atomic E-state index is 13.9. The molecule has 1 fully saturated rings. The van der Waals surface area contributed by atoms with Crippen LogP contribution in [-0.4, -0.2) is 138 Å². The van der Waals surface area contributed by atoms with Crippen LogP contribution in [0.2, 0.25) is 0 Å². The molecule has 7 rings (SSSR count). The van der Waals surface area contributed by atoms with E-state index in [9.17, 15) is 37.8 Å². The van der Waals surface area contributed by atoms with Gasteiger partial charge in [0.15, 0.2) is 0 Å². The van der Waals surface area contributed by atoms with Crippen molar-refractivity contribution in [1.82, 2.24) is 40.4 Å². The summed E-state index contributed by atoms with van der Waals surface area (Å²) in [6.45, 7) is 12.9. The van der Waals surface area contributed by atoms with Crippen molar-refractivity contribution in [2.24, 2.45) is 11.8 Å². The largest absolute Gasteiger partial charge is 0.444 e. The lowest BCUT2D eigenvalue weighted by Gasteiger charge is -2.30. The molecule has 3 heterocycles. The summed E-state index contributed by atoms with van der Waals surface area (Å²) < 4.78 is 44.1. The Balaban J connectivity index is 0.000000290. The molecule has 8 N–H and O–H groups in total. The molecule has 7 atom stereocenters. The van der Waals surface area contributed by atoms with Gasteiger partial charge in [-0.3, -0.25) is 9.78 Å². The highest BCUT2D eigenvalue weighted by atomic mass is 32.2. The molecule has 460 valence electrons. The molecule has 0 radical (unpaired) electrons. The number of nitrogens with one attached hydrogen (secondary N) is 4. The van der Waals surface area contributed by atoms with Gasteiger partial charge in [0.2, 0.25) is 15.9 Å². The van der Waals surface area contributed by atoms with Crippen LogP contribution in [0.1, 0.15) is 92.6 Å². The van der Waals surface area contributed by atoms with Crippen LogP contribution in [0.3, 0.4) is 0 Å². The number of urea groups is 1. The lowest BCUT2D eigenvalue weighted by molar-refractivity contribution is -0.124. The number of carbonyl (C=O) groups excluding carboxylic acids is 4. The summed E-state index contributed by atoms with van der Waals surface area (Å²) in [6, 6.07) is 31.3. The number of benzene rings is 4. The number of carbonyl (C=O) groups is 4. The Morgan fingerprint density at radius 3 is 1.87 bits per heavy atom. The third-order valence-corrected chi connectivity index (χ3v) is 17.6. The third kappa shape index (κ3) is 22.4. The molecule has 23 heteroatoms. The Hall–Kier alpha value is -6.99. The quantitative estimate of drug-likeness (QED) is 0.0228. The van der Waals surface area contributed by atoms with Crippen LogP contribution in [0.25, 0.3) is 0 Å². The molecular formula is C62H83N9O11S3. The SMILES string of the molecule is CC(C)CN(C[C@@H](O)[C@H](Cc1ccccc1)NC(=O)O[C@H]1CCOC1)S(=O)(=O)c1ccc(N)cc1.CC(C)c1nc(CN(C)C(=O)N[C@H](C(=O)N[C@@H](Cc2ccccc2)C[C@H](O)[C@H](Cc2ccccc2)NC(=O)OCc2cncs2)C(C)C)cs1. The molecule has 0 saturated carbocycles. The Labute approximate surface area is 508 Å². The van der Waals surface area contributed by atoms with Gasteiger partial charge in [-0.1, -0.05) is 133 Å². The molecule has 2 aromatic heterocycles. The van der Waals surface area contributed by atoms with E-state index < -0.39 is 58.6 Å². The fraction of sp³-hybridized carbons (Fsp3) is 0.452. The van der Waals surface area contributed by atoms with Gasteiger partial charge in [-0.15, -0.1) is 22.7 Å². The van der Waals surface area contributed by atoms with E-state index >= 15 is 0 Å². The fourth-order valence-electron chi connectivity index (χ4n) is 9.28. The van der Waals surface area contributed by atoms with Crippen molar-refractivity contribution in [3.05, 3.63) is 165 Å². The first kappa shape index (κ1) is 67.1. The summed E-state index contributed by atoms with van der Waals surface area (Å²) in [7, 11) is -2.23. The van der Waals surface area contributed by atoms with Gasteiger partial charge in [-0.2, -0.15) is 4.31 Å². The molecule has 1 aliphatic rings. The minimum atomic E-state index is -3.90. The average molecular weight is 1230 g/mol. The van der Waals surface area contributed by atoms with Gasteiger partial charge in [0.1, 0.15) is 18.8 Å². The number of aliphatic hydroxyl groups is 2. The molecule has 0 spiro atoms. The van der Waals surface area contributed by atoms with Gasteiger partial charge in [0.05, 0.1) is 70.0 Å². The van der Waals surface area contributed by atoms with Crippen molar-refractivity contribution in [2.45, 2.75) is 140 Å². The van der Waals surface area contributed by atoms with Gasteiger partial charge in [0, 0.05) is 55.8 Å². The second kappa shape index (κ2) is 33.6. The molecule has 5 amide bonds. The zero-order valence-electron chi connectivity index (χ0n) is 49.4. The first-order chi connectivity index (χ1) is 40.6. The minimum Gasteiger partial charge on any atom is -0.444 e. The number of rotatable bonds is 28. The second-order valence-electron chi connectivity index (χ2n) is 22.2. The molecule has 1 aliphatic heterocycles. The van der Waals surface area contributed by atoms with Crippen molar-refractivity contribution in [2.75, 3.05) is 39.1 Å². The van der Waals surface area contributed by atoms with Crippen LogP contribution >= 0.6 is 22.7 Å². The Morgan fingerprint density at radius 1 is 0.753 bits per heavy atom. The van der Waals surface area contributed by atoms with Crippen molar-refractivity contribution in [3.8, 4) is 0 Å². The maximum absolute atomic E-state index is 13.9. The predicted octanol–water partition coefficient (Wildman–Crippen LogP) is 8.31. The number of nitrogen functional groups attached to an aromatic ring is 1. The van der Waals surface area contributed by atoms with E-state index in [1.165, 1.54) is 44.8 Å². The Bertz CT molecular complexity index is 3060. The van der Waals surface area contributed by atoms with E-state index in [1.54, 1.807) is 30.1 Å². The number of aromatic nitrogens is 2. The van der Waals surface area contributed by atoms with Crippen LogP contribution in [0, 0.1) is 11.8 Å². The normalized spacial score (nSPS) is 15.4. The van der Waals surface area contributed by atoms with Crippen molar-refractivity contribution in [3.63, 3.8) is 0 Å². The Morgan fingerprint density at radius 2 is 1.34 bits per heavy atom. The topological polar surface area (TPSA) is 277 Å². The van der Waals surface area contributed by atoms with E-state index in [4.69, 9.17) is 19.9 Å². The summed E-state index contributed by atoms with van der Waals surface area (Å²) in [5, 5.41) is 37.4. The number of amides is 5. The van der Waals surface area contributed by atoms with Gasteiger partial charge in [-0.05, 0) is 78.5 Å². The number of anilines is 1. The highest BCUT2D eigenvalue weighted by Crippen LogP contribution is 2.23. The summed E-state index contributed by atoms with van der Waals surface area (Å²) in [6.07, 6.45) is -0.449. The van der Waals surface area contributed by atoms with Gasteiger partial charge >= 0.3 is 18.2 Å². The highest BCUT2D eigenvalue weighted by Gasteiger charge is 2.34. The van der Waals surface area contributed by atoms with E-state index in [0.29, 0.717) is 57.0 Å². The van der Waals surface area contributed by atoms with E-state index in [2.05, 4.69) is 45.1 Å². The first-order valence-corrected chi connectivity index (χ1v) is 31.8. The smallest absolute Gasteiger partial charge is 0.407 e. The third-order valence-electron chi connectivity index (χ3n) is 13.8. The lowest BCUT2D eigenvalue weighted by Crippen LogP contribution is -2.55. The highest BCUT2D eigenvalue weighted by molar-refractivity contribution is 7.89. The van der Waals surface area contributed by atoms with E-state index in [0.717, 1.165) is 32.3 Å². The van der Waals surface area contributed by atoms with Gasteiger partial charge in [0.25, 0.3) is 0 Å². The fourth-order valence-corrected chi connectivity index (χ4v) is 12.2. The number of nitrogens with zero attached hydrogens (tertiary/aromatic N) is 4. The number of hydrogen-bond donors (Lipinski definition) is 7. The summed E-state index contributed by atoms with van der Waals surface area (Å²) >= 11 is 2.95. The zero-order valence-corrected chi connectivity index (χ0v) is 51.9. The number of ether oxygens (including phenoxy) is 3. The molecular weight excluding hydrogens is 1140 g/mol. The first-order valence-electron chi connectivity index (χ1n) is 28.6. The van der Waals surface area contributed by atoms with Crippen LogP contribution in [0.5, 0.6) is 0 Å². The lowest BCUT2D eigenvalue weighted by atomic mass is 9.93. The van der Waals surface area contributed by atoms with E-state index in [1.807, 2.05) is 124 Å². The molecule has 6 aromatic rings. The van der Waals surface area contributed by atoms with Crippen LogP contribution in [-0.2, 0) is 61.4 Å². The Kier molecular flexibility index (Phi) is 26.6. The number of nitrogens with two attached hydrogens (primary N) is 1. The van der Waals surface area contributed by atoms with Crippen molar-refractivity contribution >= 4 is 62.5 Å². The van der Waals surface area contributed by atoms with Crippen LogP contribution < -0.4 is 27.0 Å². The molecule has 0 bridgehead atoms. The molecule has 0 unspecified atom stereocenters. The number of hydrogen-bond acceptors (Lipinski definition) is 16. The van der Waals surface area contributed by atoms with Gasteiger partial charge in [-0.25, -0.2) is 27.8 Å². The van der Waals surface area contributed by atoms with Crippen LogP contribution in [0.15, 0.2) is 137 Å². The molecule has 0 aliphatic carbocycles. The van der Waals surface area contributed by atoms with Gasteiger partial charge < -0.3 is 56.3 Å². The average Bonchev–Trinajstić information content (AvgIpc) is 4.46. The molecule has 4 aromatic carbocycles. The number of aliphatic hydroxyl groups excluding tert-OH is 2. The van der Waals surface area contributed by atoms with Crippen LogP contribution in [0.4, 0.5) is 20.1 Å². The summed E-state index contributed by atoms with van der Waals surface area (Å²) in [5.41, 5.74) is 11.4. The monoisotopic (exact) mass is 1230 g/mol. The van der Waals surface area contributed by atoms with Crippen molar-refractivity contribution in [1.29, 1.82) is 0 Å². The number of alkyl carbamates (subject to hydrolysis) is 2. The molecule has 85 heavy (non-hydrogen) atoms. The number of sulfonamides is 1. The standard InChI is InChI=1S/C37H48N6O5S2.C25H35N3O6S/c1-24(2)33(42-36(46)43(5)20-29-22-49-35(40-29)25(3)4)34(45)39-28(16-26-12-8-6-9-13-26)18-32(44)31(17-27-14-10-7-11-15-27)41-37(47)48-21-30-19-38-23-50-30;1-18(2)15-28(35(31,32)22-10-8-20(26)9-11-22)16-24(29)23(14-19-6-4-3-5-7-19)27-25(30)34-21-12-13-33-17-21/h6-15,19,22-25,28,31-33,44H,16-18,20-21H2,1-5H3,(H,39,45)(H,41,47)(H,42,46);3-11,18,21,23-24,29H,12-17,26H2,1-2H3,(H,27,30)/t28-,31-,32-,33-;21-,23-,24+/m00/s1. The second-order valence-corrected chi connectivity index (χ2v) is 26.0. The summed E-state index contributed by atoms with van der Waals surface area (Å²) in [5.74, 6) is -0.264.